The minimum atomic E-state index is 0.0288. The van der Waals surface area contributed by atoms with Crippen molar-refractivity contribution in [3.05, 3.63) is 69.8 Å². The van der Waals surface area contributed by atoms with Crippen molar-refractivity contribution in [2.24, 2.45) is 0 Å². The van der Waals surface area contributed by atoms with Gasteiger partial charge in [-0.3, -0.25) is 4.79 Å². The van der Waals surface area contributed by atoms with Gasteiger partial charge in [0.05, 0.1) is 0 Å². The van der Waals surface area contributed by atoms with Crippen LogP contribution in [0.3, 0.4) is 0 Å². The average molecular weight is 387 g/mol. The summed E-state index contributed by atoms with van der Waals surface area (Å²) in [5.74, 6) is 1.08. The first-order valence-electron chi connectivity index (χ1n) is 7.86. The Kier molecular flexibility index (Phi) is 5.40. The molecule has 0 fully saturated rings. The molecule has 26 heavy (non-hydrogen) atoms. The van der Waals surface area contributed by atoms with Crippen LogP contribution in [0.2, 0.25) is 10.0 Å². The third kappa shape index (κ3) is 4.71. The summed E-state index contributed by atoms with van der Waals surface area (Å²) < 4.78 is 0. The second-order valence-corrected chi connectivity index (χ2v) is 6.63. The topological polar surface area (TPSA) is 66.9 Å². The molecular formula is C19H16Cl2N4O. The molecule has 3 rings (SSSR count). The van der Waals surface area contributed by atoms with Crippen molar-refractivity contribution in [1.29, 1.82) is 0 Å². The van der Waals surface area contributed by atoms with E-state index in [0.29, 0.717) is 33.1 Å². The van der Waals surface area contributed by atoms with E-state index in [0.717, 1.165) is 11.4 Å². The monoisotopic (exact) mass is 386 g/mol. The predicted molar refractivity (Wildman–Crippen MR) is 106 cm³/mol. The smallest absolute Gasteiger partial charge is 0.229 e. The minimum absolute atomic E-state index is 0.0288. The molecule has 0 radical (unpaired) electrons. The molecule has 0 aliphatic heterocycles. The lowest BCUT2D eigenvalue weighted by atomic mass is 10.1. The molecule has 0 aliphatic carbocycles. The number of aromatic nitrogens is 2. The Balaban J connectivity index is 1.82. The highest BCUT2D eigenvalue weighted by atomic mass is 35.5. The predicted octanol–water partition coefficient (Wildman–Crippen LogP) is 5.78. The Bertz CT molecular complexity index is 938. The number of ketones is 1. The first kappa shape index (κ1) is 18.2. The van der Waals surface area contributed by atoms with Crippen LogP contribution in [-0.4, -0.2) is 15.8 Å². The summed E-state index contributed by atoms with van der Waals surface area (Å²) in [6, 6.07) is 14.2. The molecule has 0 spiro atoms. The van der Waals surface area contributed by atoms with Crippen molar-refractivity contribution in [3.63, 3.8) is 0 Å². The first-order valence-corrected chi connectivity index (χ1v) is 8.61. The normalized spacial score (nSPS) is 10.5. The number of halogens is 2. The molecule has 132 valence electrons. The summed E-state index contributed by atoms with van der Waals surface area (Å²) in [5, 5.41) is 7.36. The van der Waals surface area contributed by atoms with E-state index in [-0.39, 0.29) is 5.78 Å². The molecule has 0 unspecified atom stereocenters. The van der Waals surface area contributed by atoms with Gasteiger partial charge in [0, 0.05) is 38.7 Å². The number of carbonyl (C=O) groups excluding carboxylic acids is 1. The molecular weight excluding hydrogens is 371 g/mol. The molecule has 0 bridgehead atoms. The zero-order valence-corrected chi connectivity index (χ0v) is 15.7. The van der Waals surface area contributed by atoms with Crippen molar-refractivity contribution in [3.8, 4) is 0 Å². The molecule has 3 aromatic rings. The number of hydrogen-bond donors (Lipinski definition) is 2. The third-order valence-electron chi connectivity index (χ3n) is 3.54. The third-order valence-corrected chi connectivity index (χ3v) is 3.97. The van der Waals surface area contributed by atoms with Gasteiger partial charge in [0.15, 0.2) is 5.78 Å². The maximum atomic E-state index is 11.4. The van der Waals surface area contributed by atoms with Gasteiger partial charge in [-0.05, 0) is 56.3 Å². The highest BCUT2D eigenvalue weighted by Crippen LogP contribution is 2.25. The van der Waals surface area contributed by atoms with Gasteiger partial charge >= 0.3 is 0 Å². The van der Waals surface area contributed by atoms with Crippen molar-refractivity contribution in [1.82, 2.24) is 9.97 Å². The quantitative estimate of drug-likeness (QED) is 0.543. The van der Waals surface area contributed by atoms with E-state index in [1.54, 1.807) is 30.3 Å². The number of benzene rings is 2. The van der Waals surface area contributed by atoms with E-state index >= 15 is 0 Å². The second-order valence-electron chi connectivity index (χ2n) is 5.76. The summed E-state index contributed by atoms with van der Waals surface area (Å²) in [6.07, 6.45) is 0. The zero-order chi connectivity index (χ0) is 18.7. The van der Waals surface area contributed by atoms with E-state index < -0.39 is 0 Å². The van der Waals surface area contributed by atoms with Gasteiger partial charge in [0.1, 0.15) is 5.82 Å². The van der Waals surface area contributed by atoms with E-state index in [2.05, 4.69) is 20.6 Å². The molecule has 1 heterocycles. The van der Waals surface area contributed by atoms with Crippen molar-refractivity contribution in [2.75, 3.05) is 10.6 Å². The summed E-state index contributed by atoms with van der Waals surface area (Å²) >= 11 is 12.0. The summed E-state index contributed by atoms with van der Waals surface area (Å²) in [7, 11) is 0. The Morgan fingerprint density at radius 3 is 2.15 bits per heavy atom. The van der Waals surface area contributed by atoms with E-state index in [9.17, 15) is 4.79 Å². The molecule has 2 N–H and O–H groups in total. The SMILES string of the molecule is CC(=O)c1ccc(Nc2cc(C)nc(Nc3cc(Cl)cc(Cl)c3)n2)cc1. The fourth-order valence-electron chi connectivity index (χ4n) is 2.38. The van der Waals surface area contributed by atoms with Crippen LogP contribution < -0.4 is 10.6 Å². The summed E-state index contributed by atoms with van der Waals surface area (Å²) in [6.45, 7) is 3.41. The van der Waals surface area contributed by atoms with Crippen LogP contribution in [-0.2, 0) is 0 Å². The fourth-order valence-corrected chi connectivity index (χ4v) is 2.91. The Hall–Kier alpha value is -2.63. The van der Waals surface area contributed by atoms with Gasteiger partial charge in [0.25, 0.3) is 0 Å². The largest absolute Gasteiger partial charge is 0.340 e. The molecule has 0 atom stereocenters. The molecule has 0 saturated heterocycles. The second kappa shape index (κ2) is 7.72. The van der Waals surface area contributed by atoms with Crippen molar-refractivity contribution < 1.29 is 4.79 Å². The Labute approximate surface area is 161 Å². The maximum absolute atomic E-state index is 11.4. The molecule has 5 nitrogen and oxygen atoms in total. The number of aryl methyl sites for hydroxylation is 1. The van der Waals surface area contributed by atoms with Crippen LogP contribution >= 0.6 is 23.2 Å². The summed E-state index contributed by atoms with van der Waals surface area (Å²) in [4.78, 5) is 20.2. The number of Topliss-reactive ketones (excluding diaryl/α,β-unsaturated/α-hetero) is 1. The summed E-state index contributed by atoms with van der Waals surface area (Å²) in [5.41, 5.74) is 2.97. The molecule has 2 aromatic carbocycles. The van der Waals surface area contributed by atoms with Gasteiger partial charge < -0.3 is 10.6 Å². The standard InChI is InChI=1S/C19H16Cl2N4O/c1-11-7-18(23-16-5-3-13(4-6-16)12(2)26)25-19(22-11)24-17-9-14(20)8-15(21)10-17/h3-10H,1-2H3,(H2,22,23,24,25). The molecule has 0 amide bonds. The lowest BCUT2D eigenvalue weighted by Crippen LogP contribution is -2.02. The maximum Gasteiger partial charge on any atom is 0.229 e. The van der Waals surface area contributed by atoms with Crippen LogP contribution in [0.25, 0.3) is 0 Å². The Morgan fingerprint density at radius 1 is 0.885 bits per heavy atom. The highest BCUT2D eigenvalue weighted by Gasteiger charge is 2.06. The Morgan fingerprint density at radius 2 is 1.54 bits per heavy atom. The number of hydrogen-bond acceptors (Lipinski definition) is 5. The van der Waals surface area contributed by atoms with Crippen molar-refractivity contribution in [2.45, 2.75) is 13.8 Å². The number of nitrogens with one attached hydrogen (secondary N) is 2. The van der Waals surface area contributed by atoms with Crippen LogP contribution in [0.4, 0.5) is 23.1 Å². The molecule has 0 saturated carbocycles. The van der Waals surface area contributed by atoms with Gasteiger partial charge in [-0.1, -0.05) is 23.2 Å². The highest BCUT2D eigenvalue weighted by molar-refractivity contribution is 6.35. The average Bonchev–Trinajstić information content (AvgIpc) is 2.53. The van der Waals surface area contributed by atoms with Crippen LogP contribution in [0, 0.1) is 6.92 Å². The van der Waals surface area contributed by atoms with E-state index in [1.165, 1.54) is 6.92 Å². The van der Waals surface area contributed by atoms with Crippen LogP contribution in [0.1, 0.15) is 23.0 Å². The van der Waals surface area contributed by atoms with Gasteiger partial charge in [0.2, 0.25) is 5.95 Å². The lowest BCUT2D eigenvalue weighted by Gasteiger charge is -2.11. The minimum Gasteiger partial charge on any atom is -0.340 e. The number of rotatable bonds is 5. The van der Waals surface area contributed by atoms with E-state index in [1.807, 2.05) is 25.1 Å². The molecule has 0 aliphatic rings. The number of nitrogens with zero attached hydrogens (tertiary/aromatic N) is 2. The van der Waals surface area contributed by atoms with Crippen LogP contribution in [0.15, 0.2) is 48.5 Å². The molecule has 1 aromatic heterocycles. The van der Waals surface area contributed by atoms with Crippen molar-refractivity contribution >= 4 is 52.1 Å². The lowest BCUT2D eigenvalue weighted by molar-refractivity contribution is 0.101. The van der Waals surface area contributed by atoms with Crippen LogP contribution in [0.5, 0.6) is 0 Å². The first-order chi connectivity index (χ1) is 12.4. The van der Waals surface area contributed by atoms with Gasteiger partial charge in [-0.25, -0.2) is 4.98 Å². The van der Waals surface area contributed by atoms with Gasteiger partial charge in [-0.15, -0.1) is 0 Å². The number of carbonyl (C=O) groups is 1. The zero-order valence-electron chi connectivity index (χ0n) is 14.2. The number of anilines is 4. The molecule has 7 heteroatoms. The van der Waals surface area contributed by atoms with Gasteiger partial charge in [-0.2, -0.15) is 4.98 Å². The van der Waals surface area contributed by atoms with E-state index in [4.69, 9.17) is 23.2 Å². The fraction of sp³-hybridized carbons (Fsp3) is 0.105.